The Hall–Kier alpha value is -2.04. The molecule has 0 radical (unpaired) electrons. The van der Waals surface area contributed by atoms with E-state index in [-0.39, 0.29) is 64.7 Å². The van der Waals surface area contributed by atoms with E-state index in [2.05, 4.69) is 20.8 Å². The molecule has 178 valence electrons. The Morgan fingerprint density at radius 1 is 0.730 bits per heavy atom. The third-order valence-electron chi connectivity index (χ3n) is 4.75. The van der Waals surface area contributed by atoms with Crippen LogP contribution in [-0.4, -0.2) is 37.4 Å². The van der Waals surface area contributed by atoms with Crippen LogP contribution in [-0.2, 0) is 25.0 Å². The van der Waals surface area contributed by atoms with E-state index in [1.165, 1.54) is 0 Å². The van der Waals surface area contributed by atoms with Gasteiger partial charge in [-0.1, -0.05) is 24.3 Å². The largest absolute Gasteiger partial charge is 1.00 e. The molecule has 0 amide bonds. The average Bonchev–Trinajstić information content (AvgIpc) is 2.81. The van der Waals surface area contributed by atoms with Crippen molar-refractivity contribution in [2.45, 2.75) is 9.79 Å². The van der Waals surface area contributed by atoms with Crippen LogP contribution in [0.5, 0.6) is 0 Å². The van der Waals surface area contributed by atoms with Gasteiger partial charge in [0.1, 0.15) is 25.9 Å². The minimum absolute atomic E-state index is 0. The van der Waals surface area contributed by atoms with Crippen molar-refractivity contribution < 1.29 is 89.9 Å². The second kappa shape index (κ2) is 12.7. The van der Waals surface area contributed by atoms with Crippen molar-refractivity contribution in [2.75, 3.05) is 5.43 Å². The van der Waals surface area contributed by atoms with Crippen molar-refractivity contribution in [1.82, 2.24) is 0 Å². The first-order chi connectivity index (χ1) is 16.5. The van der Waals surface area contributed by atoms with Gasteiger partial charge in [0.25, 0.3) is 0 Å². The van der Waals surface area contributed by atoms with Gasteiger partial charge in [-0.3, -0.25) is 10.2 Å². The zero-order valence-electron chi connectivity index (χ0n) is 19.5. The van der Waals surface area contributed by atoms with Gasteiger partial charge in [0.15, 0.2) is 0 Å². The molecule has 0 aromatic heterocycles. The molecule has 37 heavy (non-hydrogen) atoms. The molecule has 0 bridgehead atoms. The van der Waals surface area contributed by atoms with Gasteiger partial charge in [-0.15, -0.1) is 0 Å². The molecule has 1 aliphatic carbocycles. The van der Waals surface area contributed by atoms with Gasteiger partial charge in [-0.05, 0) is 60.2 Å². The van der Waals surface area contributed by atoms with E-state index in [1.807, 2.05) is 18.2 Å². The number of fused-ring (bicyclic) bond motifs is 1. The van der Waals surface area contributed by atoms with Gasteiger partial charge in [0.05, 0.1) is 26.9 Å². The Morgan fingerprint density at radius 3 is 1.89 bits per heavy atom. The molecule has 15 heteroatoms. The normalized spacial score (nSPS) is 14.1. The molecule has 0 saturated heterocycles. The van der Waals surface area contributed by atoms with Crippen molar-refractivity contribution in [2.24, 2.45) is 15.3 Å². The molecule has 0 atom stereocenters. The fraction of sp³-hybridized carbons (Fsp3) is 0. The van der Waals surface area contributed by atoms with E-state index < -0.39 is 47.1 Å². The minimum atomic E-state index is -5.27. The number of ketones is 1. The van der Waals surface area contributed by atoms with Crippen molar-refractivity contribution >= 4 is 54.9 Å². The second-order valence-corrected chi connectivity index (χ2v) is 9.87. The predicted molar refractivity (Wildman–Crippen MR) is 124 cm³/mol. The zero-order valence-corrected chi connectivity index (χ0v) is 25.2. The van der Waals surface area contributed by atoms with Crippen molar-refractivity contribution in [3.05, 3.63) is 83.9 Å². The van der Waals surface area contributed by atoms with Crippen LogP contribution in [0.4, 0.5) is 17.1 Å². The molecule has 0 heterocycles. The maximum Gasteiger partial charge on any atom is 1.00 e. The fourth-order valence-corrected chi connectivity index (χ4v) is 4.49. The Balaban J connectivity index is 0.00000241. The molecule has 0 saturated carbocycles. The van der Waals surface area contributed by atoms with Gasteiger partial charge in [0.2, 0.25) is 5.78 Å². The van der Waals surface area contributed by atoms with E-state index in [4.69, 9.17) is 0 Å². The van der Waals surface area contributed by atoms with Crippen LogP contribution in [0.3, 0.4) is 0 Å². The molecule has 1 N–H and O–H groups in total. The number of hydrogen-bond donors (Lipinski definition) is 1. The Morgan fingerprint density at radius 2 is 1.32 bits per heavy atom. The zero-order chi connectivity index (χ0) is 25.2. The Bertz CT molecular complexity index is 1620. The van der Waals surface area contributed by atoms with Gasteiger partial charge in [0, 0.05) is 5.56 Å². The van der Waals surface area contributed by atoms with Crippen LogP contribution in [0, 0.1) is 0 Å². The summed E-state index contributed by atoms with van der Waals surface area (Å²) >= 11 is 0. The number of azo groups is 1. The number of allylic oxidation sites excluding steroid dienone is 1. The minimum Gasteiger partial charge on any atom is -0.744 e. The number of hydrogen-bond acceptors (Lipinski definition) is 11. The molecule has 4 rings (SSSR count). The molecule has 0 aliphatic heterocycles. The molecule has 3 aromatic carbocycles. The molecular weight excluding hydrogens is 542 g/mol. The number of nitrogens with zero attached hydrogens (tertiary/aromatic N) is 3. The van der Waals surface area contributed by atoms with Gasteiger partial charge >= 0.3 is 59.1 Å². The summed E-state index contributed by atoms with van der Waals surface area (Å²) in [6.07, 6.45) is 2.12. The third kappa shape index (κ3) is 7.74. The Labute approximate surface area is 256 Å². The van der Waals surface area contributed by atoms with E-state index in [9.17, 15) is 30.7 Å². The summed E-state index contributed by atoms with van der Waals surface area (Å²) < 4.78 is 69.7. The first-order valence-corrected chi connectivity index (χ1v) is 12.6. The van der Waals surface area contributed by atoms with Gasteiger partial charge < -0.3 is 9.11 Å². The first kappa shape index (κ1) is 31.2. The molecular formula is C22H14N4Na2O7S2. The third-order valence-corrected chi connectivity index (χ3v) is 6.42. The number of nitrogens with one attached hydrogen (secondary N) is 1. The van der Waals surface area contributed by atoms with Crippen molar-refractivity contribution in [3.8, 4) is 0 Å². The van der Waals surface area contributed by atoms with Crippen molar-refractivity contribution in [3.63, 3.8) is 0 Å². The van der Waals surface area contributed by atoms with Gasteiger partial charge in [-0.2, -0.15) is 15.3 Å². The predicted octanol–water partition coefficient (Wildman–Crippen LogP) is -2.67. The summed E-state index contributed by atoms with van der Waals surface area (Å²) in [6, 6.07) is 16.8. The number of carbonyl (C=O) groups excluding carboxylic acids is 1. The molecule has 0 unspecified atom stereocenters. The number of hydrazone groups is 1. The summed E-state index contributed by atoms with van der Waals surface area (Å²) in [6.45, 7) is 0. The number of benzene rings is 3. The molecule has 3 aromatic rings. The second-order valence-electron chi connectivity index (χ2n) is 7.15. The number of anilines is 1. The van der Waals surface area contributed by atoms with E-state index in [0.29, 0.717) is 23.1 Å². The smallest absolute Gasteiger partial charge is 0.744 e. The van der Waals surface area contributed by atoms with Crippen LogP contribution >= 0.6 is 0 Å². The molecule has 0 spiro atoms. The number of rotatable bonds is 6. The summed E-state index contributed by atoms with van der Waals surface area (Å²) in [5.41, 5.74) is 3.21. The summed E-state index contributed by atoms with van der Waals surface area (Å²) in [7, 11) is -10.3. The van der Waals surface area contributed by atoms with Gasteiger partial charge in [-0.25, -0.2) is 16.8 Å². The summed E-state index contributed by atoms with van der Waals surface area (Å²) in [5, 5.41) is 12.1. The van der Waals surface area contributed by atoms with Crippen LogP contribution in [0.15, 0.2) is 97.9 Å². The van der Waals surface area contributed by atoms with Crippen LogP contribution in [0.2, 0.25) is 0 Å². The average molecular weight is 556 g/mol. The summed E-state index contributed by atoms with van der Waals surface area (Å²) in [5.74, 6) is -0.735. The van der Waals surface area contributed by atoms with Crippen LogP contribution in [0.1, 0.15) is 11.1 Å². The Kier molecular flexibility index (Phi) is 10.7. The van der Waals surface area contributed by atoms with Crippen LogP contribution in [0.25, 0.3) is 6.08 Å². The summed E-state index contributed by atoms with van der Waals surface area (Å²) in [4.78, 5) is 10.5. The van der Waals surface area contributed by atoms with E-state index in [0.717, 1.165) is 18.2 Å². The van der Waals surface area contributed by atoms with E-state index in [1.54, 1.807) is 36.4 Å². The monoisotopic (exact) mass is 556 g/mol. The van der Waals surface area contributed by atoms with Crippen LogP contribution < -0.4 is 64.5 Å². The molecule has 0 fully saturated rings. The molecule has 1 aliphatic rings. The van der Waals surface area contributed by atoms with E-state index >= 15 is 0 Å². The SMILES string of the molecule is O=C1C=Cc2cc(S(=O)(=O)[O-])cc(S(=O)(=O)[O-])c2/C1=N/Nc1ccc(N=Nc2ccccc2)cc1.[Na+].[Na+]. The standard InChI is InChI=1S/C22H16N4O7S2.2Na/c27-19-11-6-14-12-18(34(28,29)30)13-20(35(31,32)33)21(14)22(19)26-25-17-9-7-16(8-10-17)24-23-15-4-2-1-3-5-15;;/h1-13,25H,(H,28,29,30)(H,31,32,33);;/q;2*+1/p-2/b24-23?,26-22+;;. The quantitative estimate of drug-likeness (QED) is 0.148. The number of carbonyl (C=O) groups is 1. The fourth-order valence-electron chi connectivity index (χ4n) is 3.15. The van der Waals surface area contributed by atoms with Crippen molar-refractivity contribution in [1.29, 1.82) is 0 Å². The molecule has 11 nitrogen and oxygen atoms in total. The maximum atomic E-state index is 12.5. The maximum absolute atomic E-state index is 12.5. The first-order valence-electron chi connectivity index (χ1n) is 9.75. The topological polar surface area (TPSA) is 181 Å².